The lowest BCUT2D eigenvalue weighted by atomic mass is 10.2. The van der Waals surface area contributed by atoms with Crippen LogP contribution in [0.15, 0.2) is 59.3 Å². The van der Waals surface area contributed by atoms with Crippen LogP contribution in [0.5, 0.6) is 0 Å². The van der Waals surface area contributed by atoms with Gasteiger partial charge < -0.3 is 9.15 Å². The summed E-state index contributed by atoms with van der Waals surface area (Å²) in [6.45, 7) is 1.60. The third-order valence-corrected chi connectivity index (χ3v) is 4.10. The molecule has 0 bridgehead atoms. The second-order valence-corrected chi connectivity index (χ2v) is 6.06. The van der Waals surface area contributed by atoms with Crippen LogP contribution in [-0.4, -0.2) is 31.1 Å². The lowest BCUT2D eigenvalue weighted by Gasteiger charge is -2.09. The minimum absolute atomic E-state index is 0.0455. The van der Waals surface area contributed by atoms with Crippen molar-refractivity contribution in [2.45, 2.75) is 13.0 Å². The van der Waals surface area contributed by atoms with Gasteiger partial charge in [0.2, 0.25) is 5.89 Å². The van der Waals surface area contributed by atoms with Crippen LogP contribution >= 0.6 is 0 Å². The van der Waals surface area contributed by atoms with E-state index in [1.807, 2.05) is 0 Å². The molecule has 4 rings (SSSR count). The molecule has 0 aliphatic carbocycles. The van der Waals surface area contributed by atoms with E-state index in [4.69, 9.17) is 9.15 Å². The molecule has 144 valence electrons. The molecular weight excluding hydrogens is 378 g/mol. The van der Waals surface area contributed by atoms with Crippen LogP contribution in [0.4, 0.5) is 5.69 Å². The summed E-state index contributed by atoms with van der Waals surface area (Å²) in [6.07, 6.45) is 2.32. The first-order valence-corrected chi connectivity index (χ1v) is 8.51. The minimum Gasteiger partial charge on any atom is -0.449 e. The second-order valence-electron chi connectivity index (χ2n) is 6.06. The summed E-state index contributed by atoms with van der Waals surface area (Å²) in [4.78, 5) is 31.0. The Morgan fingerprint density at radius 3 is 2.52 bits per heavy atom. The maximum absolute atomic E-state index is 12.4. The van der Waals surface area contributed by atoms with E-state index in [1.165, 1.54) is 30.5 Å². The molecule has 0 fully saturated rings. The van der Waals surface area contributed by atoms with Crippen LogP contribution in [0.3, 0.4) is 0 Å². The Kier molecular flexibility index (Phi) is 4.65. The molecule has 0 aliphatic rings. The molecule has 2 aromatic heterocycles. The highest BCUT2D eigenvalue weighted by Gasteiger charge is 2.20. The number of nitro benzene ring substituents is 1. The normalized spacial score (nSPS) is 11.9. The van der Waals surface area contributed by atoms with Crippen molar-refractivity contribution >= 4 is 22.7 Å². The zero-order valence-corrected chi connectivity index (χ0v) is 15.1. The second kappa shape index (κ2) is 7.43. The summed E-state index contributed by atoms with van der Waals surface area (Å²) in [6, 6.07) is 10.6. The molecule has 2 aromatic carbocycles. The summed E-state index contributed by atoms with van der Waals surface area (Å²) in [5.74, 6) is -0.300. The van der Waals surface area contributed by atoms with Crippen LogP contribution in [0, 0.1) is 10.1 Å². The number of hydrogen-bond donors (Lipinski definition) is 0. The fourth-order valence-electron chi connectivity index (χ4n) is 2.61. The van der Waals surface area contributed by atoms with E-state index in [0.717, 1.165) is 0 Å². The molecule has 10 heteroatoms. The van der Waals surface area contributed by atoms with Crippen molar-refractivity contribution in [1.29, 1.82) is 0 Å². The van der Waals surface area contributed by atoms with Crippen LogP contribution < -0.4 is 0 Å². The Labute approximate surface area is 163 Å². The Bertz CT molecular complexity index is 1210. The molecule has 2 heterocycles. The number of esters is 1. The summed E-state index contributed by atoms with van der Waals surface area (Å²) in [5, 5.41) is 18.5. The van der Waals surface area contributed by atoms with E-state index < -0.39 is 17.0 Å². The van der Waals surface area contributed by atoms with Crippen molar-refractivity contribution in [3.8, 4) is 11.5 Å². The molecule has 0 aliphatic heterocycles. The van der Waals surface area contributed by atoms with Gasteiger partial charge in [-0.25, -0.2) is 4.79 Å². The van der Waals surface area contributed by atoms with E-state index in [9.17, 15) is 14.9 Å². The highest BCUT2D eigenvalue weighted by Crippen LogP contribution is 2.25. The van der Waals surface area contributed by atoms with Gasteiger partial charge in [0.25, 0.3) is 11.6 Å². The number of hydrogen-bond acceptors (Lipinski definition) is 9. The van der Waals surface area contributed by atoms with Gasteiger partial charge in [-0.2, -0.15) is 0 Å². The molecular formula is C19H13N5O5. The summed E-state index contributed by atoms with van der Waals surface area (Å²) < 4.78 is 10.9. The van der Waals surface area contributed by atoms with Crippen LogP contribution in [-0.2, 0) is 4.74 Å². The maximum Gasteiger partial charge on any atom is 0.338 e. The first-order valence-electron chi connectivity index (χ1n) is 8.51. The van der Waals surface area contributed by atoms with Crippen molar-refractivity contribution in [2.75, 3.05) is 0 Å². The van der Waals surface area contributed by atoms with E-state index in [-0.39, 0.29) is 17.5 Å². The molecule has 0 unspecified atom stereocenters. The Morgan fingerprint density at radius 2 is 1.79 bits per heavy atom. The Balaban J connectivity index is 1.48. The predicted molar refractivity (Wildman–Crippen MR) is 99.8 cm³/mol. The number of nitro groups is 1. The molecule has 0 saturated heterocycles. The molecule has 0 saturated carbocycles. The van der Waals surface area contributed by atoms with E-state index in [2.05, 4.69) is 20.2 Å². The largest absolute Gasteiger partial charge is 0.449 e. The zero-order valence-electron chi connectivity index (χ0n) is 15.1. The topological polar surface area (TPSA) is 134 Å². The molecule has 1 atom stereocenters. The van der Waals surface area contributed by atoms with Gasteiger partial charge in [-0.05, 0) is 37.3 Å². The number of rotatable bonds is 5. The third-order valence-electron chi connectivity index (χ3n) is 4.10. The van der Waals surface area contributed by atoms with Crippen LogP contribution in [0.25, 0.3) is 22.5 Å². The van der Waals surface area contributed by atoms with Crippen LogP contribution in [0.1, 0.15) is 29.3 Å². The van der Waals surface area contributed by atoms with Gasteiger partial charge in [-0.3, -0.25) is 20.1 Å². The molecule has 0 amide bonds. The number of ether oxygens (including phenoxy) is 1. The third kappa shape index (κ3) is 3.76. The van der Waals surface area contributed by atoms with Crippen molar-refractivity contribution in [3.05, 3.63) is 76.4 Å². The maximum atomic E-state index is 12.4. The fraction of sp³-hybridized carbons (Fsp3) is 0.105. The van der Waals surface area contributed by atoms with Gasteiger partial charge in [-0.15, -0.1) is 10.2 Å². The standard InChI is InChI=1S/C19H13N5O5/c1-11(28-19(25)13-4-7-15-16(10-13)21-9-8-20-15)17-22-23-18(29-17)12-2-5-14(6-3-12)24(26)27/h2-11H,1H3/t11-/m0/s1. The molecule has 10 nitrogen and oxygen atoms in total. The van der Waals surface area contributed by atoms with Crippen molar-refractivity contribution < 1.29 is 18.9 Å². The minimum atomic E-state index is -0.792. The number of fused-ring (bicyclic) bond motifs is 1. The van der Waals surface area contributed by atoms with E-state index >= 15 is 0 Å². The Morgan fingerprint density at radius 1 is 1.07 bits per heavy atom. The van der Waals surface area contributed by atoms with Crippen molar-refractivity contribution in [3.63, 3.8) is 0 Å². The summed E-state index contributed by atoms with van der Waals surface area (Å²) in [7, 11) is 0. The predicted octanol–water partition coefficient (Wildman–Crippen LogP) is 3.51. The number of carbonyl (C=O) groups is 1. The summed E-state index contributed by atoms with van der Waals surface area (Å²) >= 11 is 0. The van der Waals surface area contributed by atoms with Gasteiger partial charge in [0.05, 0.1) is 21.5 Å². The zero-order chi connectivity index (χ0) is 20.4. The lowest BCUT2D eigenvalue weighted by molar-refractivity contribution is -0.384. The number of benzene rings is 2. The molecule has 0 N–H and O–H groups in total. The Hall–Kier alpha value is -4.21. The number of nitrogens with zero attached hydrogens (tertiary/aromatic N) is 5. The average molecular weight is 391 g/mol. The van der Waals surface area contributed by atoms with Crippen LogP contribution in [0.2, 0.25) is 0 Å². The molecule has 0 radical (unpaired) electrons. The van der Waals surface area contributed by atoms with E-state index in [0.29, 0.717) is 22.2 Å². The van der Waals surface area contributed by atoms with Gasteiger partial charge in [0.15, 0.2) is 6.10 Å². The molecule has 29 heavy (non-hydrogen) atoms. The highest BCUT2D eigenvalue weighted by molar-refractivity contribution is 5.93. The molecule has 4 aromatic rings. The molecule has 0 spiro atoms. The highest BCUT2D eigenvalue weighted by atomic mass is 16.6. The van der Waals surface area contributed by atoms with Gasteiger partial charge in [0, 0.05) is 30.1 Å². The first kappa shape index (κ1) is 18.2. The summed E-state index contributed by atoms with van der Waals surface area (Å²) in [5.41, 5.74) is 2.03. The van der Waals surface area contributed by atoms with Gasteiger partial charge in [-0.1, -0.05) is 0 Å². The number of non-ortho nitro benzene ring substituents is 1. The van der Waals surface area contributed by atoms with Crippen molar-refractivity contribution in [1.82, 2.24) is 20.2 Å². The average Bonchev–Trinajstić information content (AvgIpc) is 3.24. The smallest absolute Gasteiger partial charge is 0.338 e. The SMILES string of the molecule is C[C@H](OC(=O)c1ccc2nccnc2c1)c1nnc(-c2ccc([N+](=O)[O-])cc2)o1. The van der Waals surface area contributed by atoms with E-state index in [1.54, 1.807) is 31.3 Å². The van der Waals surface area contributed by atoms with Gasteiger partial charge in [0.1, 0.15) is 0 Å². The fourth-order valence-corrected chi connectivity index (χ4v) is 2.61. The monoisotopic (exact) mass is 391 g/mol. The first-order chi connectivity index (χ1) is 14.0. The van der Waals surface area contributed by atoms with Gasteiger partial charge >= 0.3 is 5.97 Å². The number of carbonyl (C=O) groups excluding carboxylic acids is 1. The quantitative estimate of drug-likeness (QED) is 0.284. The van der Waals surface area contributed by atoms with Crippen molar-refractivity contribution in [2.24, 2.45) is 0 Å². The number of aromatic nitrogens is 4. The lowest BCUT2D eigenvalue weighted by Crippen LogP contribution is -2.09.